The smallest absolute Gasteiger partial charge is 0.335 e. The lowest BCUT2D eigenvalue weighted by Gasteiger charge is -2.36. The molecule has 0 bridgehead atoms. The highest BCUT2D eigenvalue weighted by atomic mass is 19.1. The Morgan fingerprint density at radius 1 is 1.10 bits per heavy atom. The second-order valence-electron chi connectivity index (χ2n) is 9.83. The first-order valence-corrected chi connectivity index (χ1v) is 12.6. The standard InChI is InChI=1S/C28H28F3N5O3/c1-15(35-8-5-16(6-9-35)26-19(29)10-17(28(38)39)11-20(26)30)24-12-18-23(4-7-33-27(18)34(24)3)36-14-21(31)22(32-2)13-25(36)37/h4,7,10-16,32H,5-6,8-9H2,1-3H3,(H,38,39). The molecule has 1 atom stereocenters. The Morgan fingerprint density at radius 3 is 2.38 bits per heavy atom. The lowest BCUT2D eigenvalue weighted by molar-refractivity contribution is 0.0695. The molecule has 204 valence electrons. The monoisotopic (exact) mass is 539 g/mol. The second-order valence-corrected chi connectivity index (χ2v) is 9.83. The van der Waals surface area contributed by atoms with Gasteiger partial charge in [-0.1, -0.05) is 0 Å². The van der Waals surface area contributed by atoms with E-state index in [1.54, 1.807) is 19.3 Å². The van der Waals surface area contributed by atoms with Crippen LogP contribution in [0.2, 0.25) is 0 Å². The number of aromatic nitrogens is 3. The van der Waals surface area contributed by atoms with Crippen molar-refractivity contribution in [2.24, 2.45) is 7.05 Å². The van der Waals surface area contributed by atoms with Crippen molar-refractivity contribution in [2.45, 2.75) is 31.7 Å². The Kier molecular flexibility index (Phi) is 6.94. The quantitative estimate of drug-likeness (QED) is 0.365. The number of carboxylic acid groups (broad SMARTS) is 1. The number of fused-ring (bicyclic) bond motifs is 1. The van der Waals surface area contributed by atoms with Crippen molar-refractivity contribution >= 4 is 22.7 Å². The van der Waals surface area contributed by atoms with E-state index in [4.69, 9.17) is 5.11 Å². The van der Waals surface area contributed by atoms with Crippen molar-refractivity contribution in [1.29, 1.82) is 0 Å². The maximum Gasteiger partial charge on any atom is 0.335 e. The van der Waals surface area contributed by atoms with E-state index in [0.717, 1.165) is 24.0 Å². The summed E-state index contributed by atoms with van der Waals surface area (Å²) in [6.45, 7) is 3.18. The van der Waals surface area contributed by atoms with Gasteiger partial charge in [0.1, 0.15) is 17.3 Å². The molecule has 1 aliphatic heterocycles. The minimum absolute atomic E-state index is 0.0623. The van der Waals surface area contributed by atoms with Crippen molar-refractivity contribution in [3.05, 3.63) is 87.4 Å². The number of anilines is 1. The number of nitrogens with zero attached hydrogens (tertiary/aromatic N) is 4. The highest BCUT2D eigenvalue weighted by Crippen LogP contribution is 2.36. The predicted molar refractivity (Wildman–Crippen MR) is 141 cm³/mol. The average Bonchev–Trinajstić information content (AvgIpc) is 3.25. The van der Waals surface area contributed by atoms with Crippen LogP contribution in [0.3, 0.4) is 0 Å². The Hall–Kier alpha value is -4.12. The SMILES string of the molecule is CNc1cc(=O)n(-c2ccnc3c2cc(C(C)N2CCC(c4c(F)cc(C(=O)O)cc4F)CC2)n3C)cc1F. The molecule has 8 nitrogen and oxygen atoms in total. The minimum Gasteiger partial charge on any atom is -0.478 e. The van der Waals surface area contributed by atoms with Crippen LogP contribution in [0.15, 0.2) is 47.5 Å². The fraction of sp³-hybridized carbons (Fsp3) is 0.321. The number of benzene rings is 1. The number of carbonyl (C=O) groups is 1. The lowest BCUT2D eigenvalue weighted by Crippen LogP contribution is -2.36. The highest BCUT2D eigenvalue weighted by Gasteiger charge is 2.30. The van der Waals surface area contributed by atoms with Crippen molar-refractivity contribution in [3.63, 3.8) is 0 Å². The molecule has 11 heteroatoms. The zero-order valence-corrected chi connectivity index (χ0v) is 21.7. The van der Waals surface area contributed by atoms with E-state index in [0.29, 0.717) is 42.7 Å². The fourth-order valence-electron chi connectivity index (χ4n) is 5.58. The van der Waals surface area contributed by atoms with Gasteiger partial charge in [0.2, 0.25) is 0 Å². The van der Waals surface area contributed by atoms with Crippen LogP contribution in [0.5, 0.6) is 0 Å². The zero-order valence-electron chi connectivity index (χ0n) is 21.7. The highest BCUT2D eigenvalue weighted by molar-refractivity contribution is 5.88. The van der Waals surface area contributed by atoms with Crippen molar-refractivity contribution < 1.29 is 23.1 Å². The molecule has 0 spiro atoms. The van der Waals surface area contributed by atoms with Crippen molar-refractivity contribution in [1.82, 2.24) is 19.0 Å². The van der Waals surface area contributed by atoms with Gasteiger partial charge in [-0.15, -0.1) is 0 Å². The fourth-order valence-corrected chi connectivity index (χ4v) is 5.58. The Morgan fingerprint density at radius 2 is 1.77 bits per heavy atom. The van der Waals surface area contributed by atoms with Gasteiger partial charge in [0.05, 0.1) is 23.1 Å². The van der Waals surface area contributed by atoms with Gasteiger partial charge >= 0.3 is 5.97 Å². The number of rotatable bonds is 6. The molecule has 0 aliphatic carbocycles. The zero-order chi connectivity index (χ0) is 28.0. The molecular formula is C28H28F3N5O3. The molecule has 4 aromatic rings. The van der Waals surface area contributed by atoms with Gasteiger partial charge in [0.15, 0.2) is 5.82 Å². The third-order valence-corrected chi connectivity index (χ3v) is 7.72. The van der Waals surface area contributed by atoms with Crippen molar-refractivity contribution in [3.8, 4) is 5.69 Å². The van der Waals surface area contributed by atoms with E-state index >= 15 is 0 Å². The van der Waals surface area contributed by atoms with Crippen LogP contribution < -0.4 is 10.9 Å². The van der Waals surface area contributed by atoms with E-state index in [2.05, 4.69) is 15.2 Å². The first-order valence-electron chi connectivity index (χ1n) is 12.6. The Labute approximate surface area is 222 Å². The summed E-state index contributed by atoms with van der Waals surface area (Å²) < 4.78 is 47.0. The first-order chi connectivity index (χ1) is 18.6. The molecule has 0 radical (unpaired) electrons. The van der Waals surface area contributed by atoms with Crippen LogP contribution in [0.4, 0.5) is 18.9 Å². The third-order valence-electron chi connectivity index (χ3n) is 7.72. The summed E-state index contributed by atoms with van der Waals surface area (Å²) in [6.07, 6.45) is 3.74. The third kappa shape index (κ3) is 4.67. The molecule has 1 saturated heterocycles. The van der Waals surface area contributed by atoms with Crippen LogP contribution >= 0.6 is 0 Å². The summed E-state index contributed by atoms with van der Waals surface area (Å²) in [6, 6.07) is 6.48. The molecule has 3 aromatic heterocycles. The van der Waals surface area contributed by atoms with Gasteiger partial charge in [-0.05, 0) is 63.0 Å². The summed E-state index contributed by atoms with van der Waals surface area (Å²) in [4.78, 5) is 30.6. The van der Waals surface area contributed by atoms with Crippen LogP contribution in [0.25, 0.3) is 16.7 Å². The van der Waals surface area contributed by atoms with Gasteiger partial charge < -0.3 is 15.0 Å². The molecule has 4 heterocycles. The van der Waals surface area contributed by atoms with Gasteiger partial charge in [-0.2, -0.15) is 0 Å². The molecule has 0 saturated carbocycles. The van der Waals surface area contributed by atoms with E-state index in [9.17, 15) is 22.8 Å². The largest absolute Gasteiger partial charge is 0.478 e. The Bertz CT molecular complexity index is 1620. The molecule has 0 amide bonds. The number of hydrogen-bond donors (Lipinski definition) is 2. The van der Waals surface area contributed by atoms with Gasteiger partial charge in [0.25, 0.3) is 5.56 Å². The first kappa shape index (κ1) is 26.5. The summed E-state index contributed by atoms with van der Waals surface area (Å²) in [5, 5.41) is 12.4. The second kappa shape index (κ2) is 10.2. The number of halogens is 3. The molecule has 1 aliphatic rings. The predicted octanol–water partition coefficient (Wildman–Crippen LogP) is 4.82. The topological polar surface area (TPSA) is 92.4 Å². The number of aromatic carboxylic acids is 1. The molecule has 1 fully saturated rings. The summed E-state index contributed by atoms with van der Waals surface area (Å²) in [5.74, 6) is -3.96. The summed E-state index contributed by atoms with van der Waals surface area (Å²) in [7, 11) is 3.42. The Balaban J connectivity index is 1.41. The van der Waals surface area contributed by atoms with E-state index in [1.807, 2.05) is 24.6 Å². The summed E-state index contributed by atoms with van der Waals surface area (Å²) >= 11 is 0. The van der Waals surface area contributed by atoms with E-state index in [1.165, 1.54) is 10.6 Å². The maximum atomic E-state index is 14.6. The number of carboxylic acids is 1. The maximum absolute atomic E-state index is 14.6. The van der Waals surface area contributed by atoms with Gasteiger partial charge in [-0.25, -0.2) is 22.9 Å². The average molecular weight is 540 g/mol. The molecular weight excluding hydrogens is 511 g/mol. The van der Waals surface area contributed by atoms with E-state index in [-0.39, 0.29) is 28.8 Å². The number of hydrogen-bond acceptors (Lipinski definition) is 5. The number of aryl methyl sites for hydroxylation is 1. The molecule has 5 rings (SSSR count). The lowest BCUT2D eigenvalue weighted by atomic mass is 9.87. The number of pyridine rings is 2. The summed E-state index contributed by atoms with van der Waals surface area (Å²) in [5.41, 5.74) is 1.33. The normalized spacial score (nSPS) is 15.5. The van der Waals surface area contributed by atoms with Gasteiger partial charge in [-0.3, -0.25) is 14.3 Å². The van der Waals surface area contributed by atoms with Crippen molar-refractivity contribution in [2.75, 3.05) is 25.5 Å². The van der Waals surface area contributed by atoms with Crippen LogP contribution in [-0.2, 0) is 7.05 Å². The molecule has 2 N–H and O–H groups in total. The van der Waals surface area contributed by atoms with Gasteiger partial charge in [0, 0.05) is 49.0 Å². The van der Waals surface area contributed by atoms with Crippen LogP contribution in [0, 0.1) is 17.5 Å². The minimum atomic E-state index is -1.37. The number of nitrogens with one attached hydrogen (secondary N) is 1. The molecule has 1 unspecified atom stereocenters. The van der Waals surface area contributed by atoms with Crippen LogP contribution in [0.1, 0.15) is 53.3 Å². The molecule has 1 aromatic carbocycles. The number of piperidine rings is 1. The van der Waals surface area contributed by atoms with E-state index < -0.39 is 29.0 Å². The molecule has 39 heavy (non-hydrogen) atoms. The number of likely N-dealkylation sites (tertiary alicyclic amines) is 1. The van der Waals surface area contributed by atoms with Crippen LogP contribution in [-0.4, -0.2) is 50.2 Å².